The molecule has 0 amide bonds. The third-order valence-electron chi connectivity index (χ3n) is 2.06. The van der Waals surface area contributed by atoms with Crippen LogP contribution >= 0.6 is 0 Å². The van der Waals surface area contributed by atoms with Crippen molar-refractivity contribution < 1.29 is 9.53 Å². The summed E-state index contributed by atoms with van der Waals surface area (Å²) < 4.78 is 5.07. The highest BCUT2D eigenvalue weighted by Crippen LogP contribution is 2.11. The Morgan fingerprint density at radius 3 is 2.67 bits per heavy atom. The van der Waals surface area contributed by atoms with Crippen LogP contribution in [-0.2, 0) is 9.53 Å². The summed E-state index contributed by atoms with van der Waals surface area (Å²) >= 11 is 0. The van der Waals surface area contributed by atoms with Gasteiger partial charge in [0.1, 0.15) is 0 Å². The summed E-state index contributed by atoms with van der Waals surface area (Å²) in [4.78, 5) is 10.9. The van der Waals surface area contributed by atoms with E-state index in [9.17, 15) is 4.79 Å². The van der Waals surface area contributed by atoms with Gasteiger partial charge in [-0.2, -0.15) is 0 Å². The second-order valence-electron chi connectivity index (χ2n) is 3.88. The van der Waals surface area contributed by atoms with E-state index >= 15 is 0 Å². The van der Waals surface area contributed by atoms with Gasteiger partial charge in [0.05, 0.1) is 6.61 Å². The van der Waals surface area contributed by atoms with Crippen molar-refractivity contribution in [3.05, 3.63) is 23.8 Å². The topological polar surface area (TPSA) is 26.3 Å². The fourth-order valence-corrected chi connectivity index (χ4v) is 1.27. The Morgan fingerprint density at radius 2 is 2.13 bits per heavy atom. The van der Waals surface area contributed by atoms with Crippen LogP contribution in [0.3, 0.4) is 0 Å². The molecule has 86 valence electrons. The summed E-state index contributed by atoms with van der Waals surface area (Å²) in [5, 5.41) is 0. The maximum Gasteiger partial charge on any atom is 0.305 e. The monoisotopic (exact) mass is 210 g/mol. The van der Waals surface area contributed by atoms with E-state index in [2.05, 4.69) is 19.9 Å². The summed E-state index contributed by atoms with van der Waals surface area (Å²) in [6, 6.07) is 0. The van der Waals surface area contributed by atoms with Crippen molar-refractivity contribution in [1.29, 1.82) is 0 Å². The van der Waals surface area contributed by atoms with Gasteiger partial charge >= 0.3 is 5.97 Å². The Morgan fingerprint density at radius 1 is 1.47 bits per heavy atom. The lowest BCUT2D eigenvalue weighted by Gasteiger charge is -2.11. The highest BCUT2D eigenvalue weighted by molar-refractivity contribution is 5.68. The number of carbonyl (C=O) groups is 1. The Bertz CT molecular complexity index is 239. The summed E-state index contributed by atoms with van der Waals surface area (Å²) in [7, 11) is 0. The fraction of sp³-hybridized carbons (Fsp3) is 0.615. The Balaban J connectivity index is 3.82. The number of ether oxygens (including phenoxy) is 1. The van der Waals surface area contributed by atoms with Crippen LogP contribution in [0.15, 0.2) is 23.8 Å². The Hall–Kier alpha value is -1.05. The van der Waals surface area contributed by atoms with E-state index in [-0.39, 0.29) is 5.97 Å². The maximum atomic E-state index is 10.9. The Kier molecular flexibility index (Phi) is 7.69. The molecular formula is C13H22O2. The van der Waals surface area contributed by atoms with Gasteiger partial charge in [0.2, 0.25) is 0 Å². The van der Waals surface area contributed by atoms with Crippen LogP contribution in [0, 0.1) is 5.92 Å². The molecule has 0 N–H and O–H groups in total. The molecule has 0 fully saturated rings. The smallest absolute Gasteiger partial charge is 0.305 e. The molecule has 0 aliphatic carbocycles. The first-order chi connectivity index (χ1) is 7.10. The van der Waals surface area contributed by atoms with Crippen molar-refractivity contribution in [2.24, 2.45) is 5.92 Å². The lowest BCUT2D eigenvalue weighted by atomic mass is 10.0. The number of hydrogen-bond donors (Lipinski definition) is 0. The van der Waals surface area contributed by atoms with Gasteiger partial charge in [0, 0.05) is 6.42 Å². The van der Waals surface area contributed by atoms with E-state index in [1.165, 1.54) is 5.57 Å². The molecule has 0 spiro atoms. The minimum absolute atomic E-state index is 0.114. The second-order valence-corrected chi connectivity index (χ2v) is 3.88. The molecule has 15 heavy (non-hydrogen) atoms. The standard InChI is InChI=1S/C13H22O2/c1-5-7-8-11(3)9-12(4)10-15-13(14)6-2/h5,7-8,12H,6,9-10H2,1-4H3/b7-5+,11-8+. The average molecular weight is 210 g/mol. The summed E-state index contributed by atoms with van der Waals surface area (Å²) in [5.74, 6) is 0.277. The van der Waals surface area contributed by atoms with Crippen LogP contribution in [0.1, 0.15) is 40.5 Å². The third-order valence-corrected chi connectivity index (χ3v) is 2.06. The molecule has 1 atom stereocenters. The van der Waals surface area contributed by atoms with Crippen LogP contribution in [0.2, 0.25) is 0 Å². The molecule has 0 rings (SSSR count). The van der Waals surface area contributed by atoms with Gasteiger partial charge in [-0.3, -0.25) is 4.79 Å². The van der Waals surface area contributed by atoms with Crippen LogP contribution in [0.5, 0.6) is 0 Å². The van der Waals surface area contributed by atoms with Gasteiger partial charge in [-0.05, 0) is 26.2 Å². The van der Waals surface area contributed by atoms with E-state index in [0.29, 0.717) is 18.9 Å². The molecule has 0 aliphatic rings. The van der Waals surface area contributed by atoms with E-state index < -0.39 is 0 Å². The van der Waals surface area contributed by atoms with Crippen LogP contribution in [0.25, 0.3) is 0 Å². The van der Waals surface area contributed by atoms with Crippen molar-refractivity contribution in [3.63, 3.8) is 0 Å². The molecule has 0 aromatic rings. The summed E-state index contributed by atoms with van der Waals surface area (Å²) in [6.45, 7) is 8.52. The molecular weight excluding hydrogens is 188 g/mol. The van der Waals surface area contributed by atoms with Crippen molar-refractivity contribution in [2.75, 3.05) is 6.61 Å². The molecule has 2 nitrogen and oxygen atoms in total. The van der Waals surface area contributed by atoms with Crippen LogP contribution in [-0.4, -0.2) is 12.6 Å². The molecule has 2 heteroatoms. The van der Waals surface area contributed by atoms with Crippen LogP contribution < -0.4 is 0 Å². The van der Waals surface area contributed by atoms with Crippen LogP contribution in [0.4, 0.5) is 0 Å². The van der Waals surface area contributed by atoms with Gasteiger partial charge in [-0.1, -0.05) is 37.6 Å². The second kappa shape index (κ2) is 8.27. The highest BCUT2D eigenvalue weighted by atomic mass is 16.5. The summed E-state index contributed by atoms with van der Waals surface area (Å²) in [6.07, 6.45) is 7.56. The first kappa shape index (κ1) is 13.9. The third kappa shape index (κ3) is 7.98. The van der Waals surface area contributed by atoms with Crippen molar-refractivity contribution in [1.82, 2.24) is 0 Å². The molecule has 0 saturated heterocycles. The van der Waals surface area contributed by atoms with Crippen molar-refractivity contribution in [3.8, 4) is 0 Å². The van der Waals surface area contributed by atoms with Gasteiger partial charge in [0.25, 0.3) is 0 Å². The molecule has 0 saturated carbocycles. The van der Waals surface area contributed by atoms with E-state index in [1.807, 2.05) is 26.0 Å². The highest BCUT2D eigenvalue weighted by Gasteiger charge is 2.05. The zero-order chi connectivity index (χ0) is 11.7. The predicted octanol–water partition coefficient (Wildman–Crippen LogP) is 3.49. The van der Waals surface area contributed by atoms with Crippen molar-refractivity contribution in [2.45, 2.75) is 40.5 Å². The molecule has 0 aliphatic heterocycles. The summed E-state index contributed by atoms with van der Waals surface area (Å²) in [5.41, 5.74) is 1.31. The molecule has 0 heterocycles. The number of hydrogen-bond acceptors (Lipinski definition) is 2. The number of rotatable bonds is 6. The first-order valence-corrected chi connectivity index (χ1v) is 5.54. The number of esters is 1. The lowest BCUT2D eigenvalue weighted by Crippen LogP contribution is -2.11. The quantitative estimate of drug-likeness (QED) is 0.495. The van der Waals surface area contributed by atoms with E-state index in [1.54, 1.807) is 0 Å². The zero-order valence-electron chi connectivity index (χ0n) is 10.2. The zero-order valence-corrected chi connectivity index (χ0v) is 10.2. The van der Waals surface area contributed by atoms with Gasteiger partial charge in [-0.15, -0.1) is 0 Å². The first-order valence-electron chi connectivity index (χ1n) is 5.54. The molecule has 0 bridgehead atoms. The largest absolute Gasteiger partial charge is 0.465 e. The van der Waals surface area contributed by atoms with Gasteiger partial charge < -0.3 is 4.74 Å². The fourth-order valence-electron chi connectivity index (χ4n) is 1.27. The predicted molar refractivity (Wildman–Crippen MR) is 63.6 cm³/mol. The lowest BCUT2D eigenvalue weighted by molar-refractivity contribution is -0.144. The SMILES string of the molecule is C/C=C/C=C(\C)CC(C)COC(=O)CC. The molecule has 1 unspecified atom stereocenters. The minimum Gasteiger partial charge on any atom is -0.465 e. The van der Waals surface area contributed by atoms with Crippen molar-refractivity contribution >= 4 is 5.97 Å². The normalized spacial score (nSPS) is 14.3. The van der Waals surface area contributed by atoms with E-state index in [4.69, 9.17) is 4.74 Å². The molecule has 0 aromatic heterocycles. The minimum atomic E-state index is -0.114. The number of carbonyl (C=O) groups excluding carboxylic acids is 1. The van der Waals surface area contributed by atoms with Gasteiger partial charge in [-0.25, -0.2) is 0 Å². The average Bonchev–Trinajstić information content (AvgIpc) is 2.22. The number of allylic oxidation sites excluding steroid dienone is 4. The van der Waals surface area contributed by atoms with Gasteiger partial charge in [0.15, 0.2) is 0 Å². The van der Waals surface area contributed by atoms with E-state index in [0.717, 1.165) is 6.42 Å². The molecule has 0 radical (unpaired) electrons. The maximum absolute atomic E-state index is 10.9. The molecule has 0 aromatic carbocycles. The Labute approximate surface area is 93.0 Å².